The number of likely N-dealkylation sites (tertiary alicyclic amines) is 1. The van der Waals surface area contributed by atoms with E-state index < -0.39 is 11.7 Å². The molecule has 3 amide bonds. The van der Waals surface area contributed by atoms with Gasteiger partial charge in [0.05, 0.1) is 5.92 Å². The number of carbonyl (C=O) groups excluding carboxylic acids is 3. The van der Waals surface area contributed by atoms with Gasteiger partial charge in [0, 0.05) is 32.1 Å². The molecule has 1 aliphatic heterocycles. The van der Waals surface area contributed by atoms with Crippen LogP contribution in [0.5, 0.6) is 0 Å². The molecule has 7 nitrogen and oxygen atoms in total. The normalized spacial score (nSPS) is 21.7. The van der Waals surface area contributed by atoms with Crippen molar-refractivity contribution in [2.45, 2.75) is 51.7 Å². The van der Waals surface area contributed by atoms with Crippen molar-refractivity contribution in [3.63, 3.8) is 0 Å². The van der Waals surface area contributed by atoms with Crippen molar-refractivity contribution in [1.82, 2.24) is 15.5 Å². The first kappa shape index (κ1) is 16.6. The van der Waals surface area contributed by atoms with Crippen LogP contribution < -0.4 is 10.6 Å². The average Bonchev–Trinajstić information content (AvgIpc) is 3.15. The third-order valence-corrected chi connectivity index (χ3v) is 3.61. The lowest BCUT2D eigenvalue weighted by Crippen LogP contribution is -2.40. The van der Waals surface area contributed by atoms with Crippen LogP contribution in [0, 0.1) is 5.92 Å². The predicted octanol–water partition coefficient (Wildman–Crippen LogP) is 0.638. The molecule has 2 N–H and O–H groups in total. The van der Waals surface area contributed by atoms with Crippen LogP contribution in [0.2, 0.25) is 0 Å². The standard InChI is InChI=1S/C15H25N3O4/c1-15(2,3)22-14(21)17-7-6-16-13(20)10-8-12(19)18(9-10)11-4-5-11/h10-11H,4-9H2,1-3H3,(H,16,20)(H,17,21)/t10-/m0/s1. The molecular formula is C15H25N3O4. The summed E-state index contributed by atoms with van der Waals surface area (Å²) in [6.45, 7) is 6.51. The Balaban J connectivity index is 1.62. The maximum absolute atomic E-state index is 12.0. The van der Waals surface area contributed by atoms with Crippen LogP contribution in [0.4, 0.5) is 4.79 Å². The molecule has 124 valence electrons. The number of carbonyl (C=O) groups is 3. The molecule has 1 heterocycles. The molecule has 2 aliphatic rings. The lowest BCUT2D eigenvalue weighted by Gasteiger charge is -2.19. The van der Waals surface area contributed by atoms with Crippen molar-refractivity contribution in [1.29, 1.82) is 0 Å². The first-order valence-corrected chi connectivity index (χ1v) is 7.80. The monoisotopic (exact) mass is 311 g/mol. The molecule has 0 radical (unpaired) electrons. The Hall–Kier alpha value is -1.79. The Kier molecular flexibility index (Phi) is 4.93. The Labute approximate surface area is 130 Å². The Morgan fingerprint density at radius 3 is 2.45 bits per heavy atom. The lowest BCUT2D eigenvalue weighted by atomic mass is 10.1. The van der Waals surface area contributed by atoms with Crippen LogP contribution in [-0.2, 0) is 14.3 Å². The minimum absolute atomic E-state index is 0.0783. The van der Waals surface area contributed by atoms with E-state index in [1.807, 2.05) is 4.90 Å². The summed E-state index contributed by atoms with van der Waals surface area (Å²) in [6.07, 6.45) is 1.90. The van der Waals surface area contributed by atoms with Crippen LogP contribution >= 0.6 is 0 Å². The highest BCUT2D eigenvalue weighted by atomic mass is 16.6. The van der Waals surface area contributed by atoms with Crippen LogP contribution in [0.25, 0.3) is 0 Å². The van der Waals surface area contributed by atoms with Gasteiger partial charge in [-0.2, -0.15) is 0 Å². The number of hydrogen-bond donors (Lipinski definition) is 2. The summed E-state index contributed by atoms with van der Waals surface area (Å²) in [5.74, 6) is -0.313. The number of nitrogens with one attached hydrogen (secondary N) is 2. The number of hydrogen-bond acceptors (Lipinski definition) is 4. The second kappa shape index (κ2) is 6.54. The van der Waals surface area contributed by atoms with Gasteiger partial charge in [0.2, 0.25) is 11.8 Å². The van der Waals surface area contributed by atoms with Crippen LogP contribution in [0.15, 0.2) is 0 Å². The predicted molar refractivity (Wildman–Crippen MR) is 80.1 cm³/mol. The third-order valence-electron chi connectivity index (χ3n) is 3.61. The van der Waals surface area contributed by atoms with Gasteiger partial charge >= 0.3 is 6.09 Å². The molecule has 22 heavy (non-hydrogen) atoms. The van der Waals surface area contributed by atoms with Crippen molar-refractivity contribution < 1.29 is 19.1 Å². The maximum Gasteiger partial charge on any atom is 0.407 e. The fourth-order valence-electron chi connectivity index (χ4n) is 2.46. The molecule has 1 atom stereocenters. The van der Waals surface area contributed by atoms with Crippen molar-refractivity contribution in [2.24, 2.45) is 5.92 Å². The molecule has 0 aromatic carbocycles. The largest absolute Gasteiger partial charge is 0.444 e. The number of alkyl carbamates (subject to hydrolysis) is 1. The van der Waals surface area contributed by atoms with Gasteiger partial charge in [-0.1, -0.05) is 0 Å². The van der Waals surface area contributed by atoms with Crippen molar-refractivity contribution in [3.05, 3.63) is 0 Å². The van der Waals surface area contributed by atoms with E-state index in [9.17, 15) is 14.4 Å². The highest BCUT2D eigenvalue weighted by Gasteiger charge is 2.41. The van der Waals surface area contributed by atoms with Crippen molar-refractivity contribution >= 4 is 17.9 Å². The van der Waals surface area contributed by atoms with E-state index in [4.69, 9.17) is 4.74 Å². The molecule has 0 bridgehead atoms. The molecule has 0 spiro atoms. The summed E-state index contributed by atoms with van der Waals surface area (Å²) < 4.78 is 5.09. The molecule has 2 rings (SSSR count). The summed E-state index contributed by atoms with van der Waals surface area (Å²) in [4.78, 5) is 37.1. The molecule has 1 saturated heterocycles. The van der Waals surface area contributed by atoms with E-state index in [-0.39, 0.29) is 17.7 Å². The zero-order valence-corrected chi connectivity index (χ0v) is 13.5. The Morgan fingerprint density at radius 1 is 1.23 bits per heavy atom. The summed E-state index contributed by atoms with van der Waals surface area (Å²) in [6, 6.07) is 0.360. The van der Waals surface area contributed by atoms with Gasteiger partial charge in [-0.3, -0.25) is 9.59 Å². The molecule has 0 aromatic heterocycles. The molecule has 2 fully saturated rings. The van der Waals surface area contributed by atoms with Crippen LogP contribution in [0.3, 0.4) is 0 Å². The smallest absolute Gasteiger partial charge is 0.407 e. The van der Waals surface area contributed by atoms with E-state index in [2.05, 4.69) is 10.6 Å². The molecular weight excluding hydrogens is 286 g/mol. The molecule has 1 aliphatic carbocycles. The zero-order valence-electron chi connectivity index (χ0n) is 13.5. The van der Waals surface area contributed by atoms with Gasteiger partial charge < -0.3 is 20.3 Å². The highest BCUT2D eigenvalue weighted by Crippen LogP contribution is 2.32. The summed E-state index contributed by atoms with van der Waals surface area (Å²) in [7, 11) is 0. The van der Waals surface area contributed by atoms with E-state index in [0.29, 0.717) is 32.1 Å². The topological polar surface area (TPSA) is 87.7 Å². The highest BCUT2D eigenvalue weighted by molar-refractivity contribution is 5.89. The van der Waals surface area contributed by atoms with E-state index >= 15 is 0 Å². The van der Waals surface area contributed by atoms with Crippen LogP contribution in [0.1, 0.15) is 40.0 Å². The van der Waals surface area contributed by atoms with Gasteiger partial charge in [0.1, 0.15) is 5.60 Å². The fourth-order valence-corrected chi connectivity index (χ4v) is 2.46. The maximum atomic E-state index is 12.0. The first-order valence-electron chi connectivity index (χ1n) is 7.80. The fraction of sp³-hybridized carbons (Fsp3) is 0.800. The van der Waals surface area contributed by atoms with Crippen molar-refractivity contribution in [3.8, 4) is 0 Å². The second-order valence-electron chi connectivity index (χ2n) is 6.90. The van der Waals surface area contributed by atoms with Gasteiger partial charge in [-0.05, 0) is 33.6 Å². The second-order valence-corrected chi connectivity index (χ2v) is 6.90. The van der Waals surface area contributed by atoms with Gasteiger partial charge in [-0.25, -0.2) is 4.79 Å². The zero-order chi connectivity index (χ0) is 16.3. The number of nitrogens with zero attached hydrogens (tertiary/aromatic N) is 1. The summed E-state index contributed by atoms with van der Waals surface area (Å²) in [5.41, 5.74) is -0.538. The summed E-state index contributed by atoms with van der Waals surface area (Å²) >= 11 is 0. The number of amides is 3. The number of ether oxygens (including phenoxy) is 1. The van der Waals surface area contributed by atoms with E-state index in [1.54, 1.807) is 20.8 Å². The van der Waals surface area contributed by atoms with Gasteiger partial charge in [0.15, 0.2) is 0 Å². The first-order chi connectivity index (χ1) is 10.3. The Morgan fingerprint density at radius 2 is 1.86 bits per heavy atom. The Bertz CT molecular complexity index is 454. The van der Waals surface area contributed by atoms with E-state index in [0.717, 1.165) is 12.8 Å². The van der Waals surface area contributed by atoms with Gasteiger partial charge in [0.25, 0.3) is 0 Å². The average molecular weight is 311 g/mol. The van der Waals surface area contributed by atoms with Crippen LogP contribution in [-0.4, -0.2) is 54.1 Å². The minimum atomic E-state index is -0.538. The van der Waals surface area contributed by atoms with E-state index in [1.165, 1.54) is 0 Å². The number of rotatable bonds is 5. The van der Waals surface area contributed by atoms with Crippen molar-refractivity contribution in [2.75, 3.05) is 19.6 Å². The minimum Gasteiger partial charge on any atom is -0.444 e. The lowest BCUT2D eigenvalue weighted by molar-refractivity contribution is -0.129. The quantitative estimate of drug-likeness (QED) is 0.729. The molecule has 0 aromatic rings. The third kappa shape index (κ3) is 4.89. The SMILES string of the molecule is CC(C)(C)OC(=O)NCCNC(=O)[C@H]1CC(=O)N(C2CC2)C1. The molecule has 7 heteroatoms. The summed E-state index contributed by atoms with van der Waals surface area (Å²) in [5, 5.41) is 5.33. The molecule has 0 unspecified atom stereocenters. The molecule has 1 saturated carbocycles. The van der Waals surface area contributed by atoms with Gasteiger partial charge in [-0.15, -0.1) is 0 Å².